The first kappa shape index (κ1) is 21.8. The lowest BCUT2D eigenvalue weighted by Gasteiger charge is -2.09. The lowest BCUT2D eigenvalue weighted by atomic mass is 10.1. The Kier molecular flexibility index (Phi) is 10.6. The summed E-state index contributed by atoms with van der Waals surface area (Å²) in [5, 5.41) is 0. The number of halogens is 1. The Morgan fingerprint density at radius 3 is 2.20 bits per heavy atom. The third-order valence-corrected chi connectivity index (χ3v) is 4.67. The molecule has 0 unspecified atom stereocenters. The van der Waals surface area contributed by atoms with Gasteiger partial charge in [-0.3, -0.25) is 0 Å². The molecule has 2 rings (SSSR count). The van der Waals surface area contributed by atoms with Crippen LogP contribution in [0.3, 0.4) is 0 Å². The second kappa shape index (κ2) is 12.1. The first-order valence-electron chi connectivity index (χ1n) is 9.81. The number of nitrogens with zero attached hydrogens (tertiary/aromatic N) is 2. The number of fused-ring (bicyclic) bond motifs is 1. The van der Waals surface area contributed by atoms with Gasteiger partial charge in [0.05, 0.1) is 11.0 Å². The van der Waals surface area contributed by atoms with Gasteiger partial charge in [0, 0.05) is 13.0 Å². The fourth-order valence-electron chi connectivity index (χ4n) is 3.36. The Morgan fingerprint density at radius 2 is 1.56 bits per heavy atom. The van der Waals surface area contributed by atoms with E-state index < -0.39 is 0 Å². The average molecular weight is 363 g/mol. The van der Waals surface area contributed by atoms with E-state index in [9.17, 15) is 0 Å². The largest absolute Gasteiger partial charge is 0.324 e. The summed E-state index contributed by atoms with van der Waals surface area (Å²) in [5.41, 5.74) is 3.54. The number of benzene rings is 1. The lowest BCUT2D eigenvalue weighted by Crippen LogP contribution is -2.04. The number of aromatic nitrogens is 2. The zero-order chi connectivity index (χ0) is 17.2. The van der Waals surface area contributed by atoms with Gasteiger partial charge >= 0.3 is 0 Å². The van der Waals surface area contributed by atoms with Crippen LogP contribution in [0.15, 0.2) is 36.4 Å². The van der Waals surface area contributed by atoms with Gasteiger partial charge in [-0.1, -0.05) is 82.6 Å². The molecule has 0 saturated heterocycles. The van der Waals surface area contributed by atoms with Gasteiger partial charge in [-0.2, -0.15) is 0 Å². The minimum atomic E-state index is 0. The predicted octanol–water partition coefficient (Wildman–Crippen LogP) is 7.11. The van der Waals surface area contributed by atoms with E-state index in [1.165, 1.54) is 74.7 Å². The number of aryl methyl sites for hydroxylation is 1. The van der Waals surface area contributed by atoms with Crippen molar-refractivity contribution in [1.82, 2.24) is 9.55 Å². The van der Waals surface area contributed by atoms with E-state index in [2.05, 4.69) is 49.3 Å². The third kappa shape index (κ3) is 7.23. The van der Waals surface area contributed by atoms with E-state index in [0.717, 1.165) is 18.5 Å². The number of hydrogen-bond donors (Lipinski definition) is 0. The molecule has 1 aromatic heterocycles. The van der Waals surface area contributed by atoms with Gasteiger partial charge in [0.1, 0.15) is 5.82 Å². The van der Waals surface area contributed by atoms with Crippen LogP contribution < -0.4 is 0 Å². The van der Waals surface area contributed by atoms with E-state index in [4.69, 9.17) is 4.98 Å². The van der Waals surface area contributed by atoms with Gasteiger partial charge < -0.3 is 4.57 Å². The van der Waals surface area contributed by atoms with Crippen molar-refractivity contribution in [3.63, 3.8) is 0 Å². The highest BCUT2D eigenvalue weighted by Crippen LogP contribution is 2.19. The molecule has 140 valence electrons. The maximum atomic E-state index is 4.86. The fraction of sp³-hybridized carbons (Fsp3) is 0.591. The minimum absolute atomic E-state index is 0. The molecule has 2 nitrogen and oxygen atoms in total. The zero-order valence-corrected chi connectivity index (χ0v) is 16.9. The van der Waals surface area contributed by atoms with Crippen molar-refractivity contribution in [1.29, 1.82) is 0 Å². The molecule has 0 saturated carbocycles. The Balaban J connectivity index is 0.00000312. The van der Waals surface area contributed by atoms with Crippen molar-refractivity contribution >= 4 is 23.4 Å². The summed E-state index contributed by atoms with van der Waals surface area (Å²) >= 11 is 0. The Bertz CT molecular complexity index is 630. The number of hydrogen-bond acceptors (Lipinski definition) is 1. The van der Waals surface area contributed by atoms with E-state index in [1.807, 2.05) is 0 Å². The Labute approximate surface area is 160 Å². The van der Waals surface area contributed by atoms with Crippen LogP contribution in [0.25, 0.3) is 11.0 Å². The van der Waals surface area contributed by atoms with E-state index >= 15 is 0 Å². The van der Waals surface area contributed by atoms with Crippen molar-refractivity contribution in [3.8, 4) is 0 Å². The van der Waals surface area contributed by atoms with Gasteiger partial charge in [0.2, 0.25) is 0 Å². The maximum Gasteiger partial charge on any atom is 0.110 e. The summed E-state index contributed by atoms with van der Waals surface area (Å²) in [6.45, 7) is 9.34. The minimum Gasteiger partial charge on any atom is -0.324 e. The predicted molar refractivity (Wildman–Crippen MR) is 113 cm³/mol. The van der Waals surface area contributed by atoms with Crippen LogP contribution in [0.4, 0.5) is 0 Å². The maximum absolute atomic E-state index is 4.86. The van der Waals surface area contributed by atoms with Crippen molar-refractivity contribution in [3.05, 3.63) is 42.2 Å². The first-order chi connectivity index (χ1) is 11.7. The highest BCUT2D eigenvalue weighted by atomic mass is 35.5. The molecule has 0 aliphatic rings. The monoisotopic (exact) mass is 362 g/mol. The van der Waals surface area contributed by atoms with Crippen LogP contribution in [0.1, 0.15) is 77.5 Å². The van der Waals surface area contributed by atoms with Crippen LogP contribution >= 0.6 is 12.4 Å². The summed E-state index contributed by atoms with van der Waals surface area (Å²) in [6.07, 6.45) is 13.4. The molecule has 0 aliphatic heterocycles. The molecule has 0 bridgehead atoms. The molecule has 0 aliphatic carbocycles. The SMILES string of the molecule is C=C(C)Cn1c(CCCCCCCCCCC)nc2ccccc21.Cl. The molecule has 0 amide bonds. The van der Waals surface area contributed by atoms with Crippen LogP contribution in [0.2, 0.25) is 0 Å². The molecule has 0 atom stereocenters. The molecule has 25 heavy (non-hydrogen) atoms. The van der Waals surface area contributed by atoms with Crippen molar-refractivity contribution in [2.45, 2.75) is 84.6 Å². The standard InChI is InChI=1S/C22H34N2.ClH/c1-4-5-6-7-8-9-10-11-12-17-22-23-20-15-13-14-16-21(20)24(22)18-19(2)3;/h13-16H,2,4-12,17-18H2,1,3H3;1H. The summed E-state index contributed by atoms with van der Waals surface area (Å²) in [4.78, 5) is 4.86. The Morgan fingerprint density at radius 1 is 0.960 bits per heavy atom. The smallest absolute Gasteiger partial charge is 0.110 e. The number of allylic oxidation sites excluding steroid dienone is 1. The van der Waals surface area contributed by atoms with Crippen LogP contribution in [0.5, 0.6) is 0 Å². The van der Waals surface area contributed by atoms with Crippen molar-refractivity contribution < 1.29 is 0 Å². The summed E-state index contributed by atoms with van der Waals surface area (Å²) in [6, 6.07) is 8.46. The fourth-order valence-corrected chi connectivity index (χ4v) is 3.36. The second-order valence-electron chi connectivity index (χ2n) is 7.14. The highest BCUT2D eigenvalue weighted by molar-refractivity contribution is 5.85. The molecular weight excluding hydrogens is 328 g/mol. The molecule has 0 N–H and O–H groups in total. The number of para-hydroxylation sites is 2. The van der Waals surface area contributed by atoms with Crippen LogP contribution in [0, 0.1) is 0 Å². The van der Waals surface area contributed by atoms with E-state index in [1.54, 1.807) is 0 Å². The summed E-state index contributed by atoms with van der Waals surface area (Å²) < 4.78 is 2.35. The molecular formula is C22H35ClN2. The van der Waals surface area contributed by atoms with Gasteiger partial charge in [-0.15, -0.1) is 12.4 Å². The number of rotatable bonds is 12. The molecule has 0 fully saturated rings. The van der Waals surface area contributed by atoms with Gasteiger partial charge in [0.25, 0.3) is 0 Å². The molecule has 0 radical (unpaired) electrons. The topological polar surface area (TPSA) is 17.8 Å². The van der Waals surface area contributed by atoms with Gasteiger partial charge in [-0.25, -0.2) is 4.98 Å². The van der Waals surface area contributed by atoms with Gasteiger partial charge in [0.15, 0.2) is 0 Å². The molecule has 0 spiro atoms. The third-order valence-electron chi connectivity index (χ3n) is 4.67. The number of unbranched alkanes of at least 4 members (excludes halogenated alkanes) is 8. The van der Waals surface area contributed by atoms with Crippen molar-refractivity contribution in [2.24, 2.45) is 0 Å². The summed E-state index contributed by atoms with van der Waals surface area (Å²) in [5.74, 6) is 1.22. The van der Waals surface area contributed by atoms with Crippen LogP contribution in [-0.4, -0.2) is 9.55 Å². The Hall–Kier alpha value is -1.28. The van der Waals surface area contributed by atoms with E-state index in [0.29, 0.717) is 0 Å². The molecule has 3 heteroatoms. The normalized spacial score (nSPS) is 10.8. The zero-order valence-electron chi connectivity index (χ0n) is 16.1. The van der Waals surface area contributed by atoms with Crippen LogP contribution in [-0.2, 0) is 13.0 Å². The first-order valence-corrected chi connectivity index (χ1v) is 9.81. The molecule has 2 aromatic rings. The van der Waals surface area contributed by atoms with E-state index in [-0.39, 0.29) is 12.4 Å². The quantitative estimate of drug-likeness (QED) is 0.290. The average Bonchev–Trinajstić information content (AvgIpc) is 2.91. The second-order valence-corrected chi connectivity index (χ2v) is 7.14. The molecule has 1 heterocycles. The lowest BCUT2D eigenvalue weighted by molar-refractivity contribution is 0.558. The van der Waals surface area contributed by atoms with Gasteiger partial charge in [-0.05, 0) is 25.5 Å². The molecule has 1 aromatic carbocycles. The summed E-state index contributed by atoms with van der Waals surface area (Å²) in [7, 11) is 0. The van der Waals surface area contributed by atoms with Crippen molar-refractivity contribution in [2.75, 3.05) is 0 Å². The number of imidazole rings is 1. The highest BCUT2D eigenvalue weighted by Gasteiger charge is 2.09.